The molecule has 0 aliphatic heterocycles. The topological polar surface area (TPSA) is 82.6 Å². The smallest absolute Gasteiger partial charge is 0.240 e. The number of aliphatic imine (C=N–C) groups is 1. The fourth-order valence-electron chi connectivity index (χ4n) is 2.48. The number of rotatable bonds is 8. The van der Waals surface area contributed by atoms with Gasteiger partial charge in [-0.3, -0.25) is 0 Å². The first kappa shape index (κ1) is 21.8. The molecular formula is C20H27FN4O2S. The van der Waals surface area contributed by atoms with Crippen molar-refractivity contribution in [3.63, 3.8) is 0 Å². The Morgan fingerprint density at radius 3 is 2.50 bits per heavy atom. The van der Waals surface area contributed by atoms with Crippen LogP contribution in [0.15, 0.2) is 58.4 Å². The van der Waals surface area contributed by atoms with E-state index in [1.165, 1.54) is 18.2 Å². The minimum absolute atomic E-state index is 0.0192. The van der Waals surface area contributed by atoms with E-state index in [2.05, 4.69) is 20.3 Å². The van der Waals surface area contributed by atoms with Gasteiger partial charge >= 0.3 is 0 Å². The quantitative estimate of drug-likeness (QED) is 0.465. The predicted octanol–water partition coefficient (Wildman–Crippen LogP) is 2.77. The van der Waals surface area contributed by atoms with Gasteiger partial charge in [0, 0.05) is 19.1 Å². The van der Waals surface area contributed by atoms with Crippen LogP contribution in [0.4, 0.5) is 4.39 Å². The zero-order valence-electron chi connectivity index (χ0n) is 16.4. The third-order valence-corrected chi connectivity index (χ3v) is 5.15. The SMILES string of the molecule is CCNC(=NCc1cccc(S(=O)(=O)NCc2cccc(F)c2)c1)NC(C)C. The molecule has 2 rings (SSSR count). The molecule has 152 valence electrons. The number of guanidine groups is 1. The van der Waals surface area contributed by atoms with Gasteiger partial charge < -0.3 is 10.6 Å². The Labute approximate surface area is 166 Å². The zero-order valence-corrected chi connectivity index (χ0v) is 17.2. The second kappa shape index (κ2) is 10.2. The van der Waals surface area contributed by atoms with Crippen LogP contribution in [-0.2, 0) is 23.1 Å². The Bertz CT molecular complexity index is 914. The van der Waals surface area contributed by atoms with Gasteiger partial charge in [-0.15, -0.1) is 0 Å². The van der Waals surface area contributed by atoms with E-state index in [9.17, 15) is 12.8 Å². The van der Waals surface area contributed by atoms with Crippen LogP contribution in [0, 0.1) is 5.82 Å². The van der Waals surface area contributed by atoms with Crippen LogP contribution in [0.1, 0.15) is 31.9 Å². The number of hydrogen-bond donors (Lipinski definition) is 3. The average molecular weight is 407 g/mol. The second-order valence-corrected chi connectivity index (χ2v) is 8.36. The van der Waals surface area contributed by atoms with Gasteiger partial charge in [0.15, 0.2) is 5.96 Å². The van der Waals surface area contributed by atoms with Gasteiger partial charge in [-0.1, -0.05) is 24.3 Å². The van der Waals surface area contributed by atoms with Gasteiger partial charge in [-0.05, 0) is 56.2 Å². The summed E-state index contributed by atoms with van der Waals surface area (Å²) in [5.74, 6) is 0.276. The van der Waals surface area contributed by atoms with Gasteiger partial charge in [-0.25, -0.2) is 22.5 Å². The van der Waals surface area contributed by atoms with Crippen molar-refractivity contribution in [2.45, 2.75) is 44.8 Å². The first-order valence-electron chi connectivity index (χ1n) is 9.18. The molecule has 0 heterocycles. The lowest BCUT2D eigenvalue weighted by atomic mass is 10.2. The molecule has 0 atom stereocenters. The van der Waals surface area contributed by atoms with Crippen LogP contribution in [0.25, 0.3) is 0 Å². The van der Waals surface area contributed by atoms with E-state index in [-0.39, 0.29) is 17.5 Å². The normalized spacial score (nSPS) is 12.2. The maximum absolute atomic E-state index is 13.2. The maximum atomic E-state index is 13.2. The second-order valence-electron chi connectivity index (χ2n) is 6.60. The lowest BCUT2D eigenvalue weighted by molar-refractivity contribution is 0.580. The third-order valence-electron chi connectivity index (χ3n) is 3.75. The van der Waals surface area contributed by atoms with E-state index < -0.39 is 15.8 Å². The summed E-state index contributed by atoms with van der Waals surface area (Å²) in [4.78, 5) is 4.64. The van der Waals surface area contributed by atoms with Crippen molar-refractivity contribution in [3.05, 3.63) is 65.5 Å². The average Bonchev–Trinajstić information content (AvgIpc) is 2.65. The van der Waals surface area contributed by atoms with Crippen LogP contribution in [0.5, 0.6) is 0 Å². The highest BCUT2D eigenvalue weighted by Crippen LogP contribution is 2.13. The standard InChI is InChI=1S/C20H27FN4O2S/c1-4-22-20(25-15(2)3)23-13-17-8-6-10-19(12-17)28(26,27)24-14-16-7-5-9-18(21)11-16/h5-12,15,24H,4,13-14H2,1-3H3,(H2,22,23,25). The highest BCUT2D eigenvalue weighted by Gasteiger charge is 2.14. The minimum atomic E-state index is -3.71. The highest BCUT2D eigenvalue weighted by molar-refractivity contribution is 7.89. The fourth-order valence-corrected chi connectivity index (χ4v) is 3.57. The summed E-state index contributed by atoms with van der Waals surface area (Å²) in [6, 6.07) is 12.7. The first-order valence-corrected chi connectivity index (χ1v) is 10.7. The van der Waals surface area contributed by atoms with E-state index >= 15 is 0 Å². The van der Waals surface area contributed by atoms with E-state index in [1.807, 2.05) is 26.8 Å². The van der Waals surface area contributed by atoms with Crippen molar-refractivity contribution in [3.8, 4) is 0 Å². The Kier molecular flexibility index (Phi) is 7.95. The molecule has 3 N–H and O–H groups in total. The molecule has 0 bridgehead atoms. The zero-order chi connectivity index (χ0) is 20.6. The van der Waals surface area contributed by atoms with Gasteiger partial charge in [0.2, 0.25) is 10.0 Å². The molecule has 2 aromatic carbocycles. The molecule has 0 unspecified atom stereocenters. The van der Waals surface area contributed by atoms with Crippen molar-refractivity contribution >= 4 is 16.0 Å². The van der Waals surface area contributed by atoms with Crippen molar-refractivity contribution in [2.24, 2.45) is 4.99 Å². The van der Waals surface area contributed by atoms with Gasteiger partial charge in [0.05, 0.1) is 11.4 Å². The van der Waals surface area contributed by atoms with Crippen molar-refractivity contribution in [1.82, 2.24) is 15.4 Å². The van der Waals surface area contributed by atoms with Crippen LogP contribution in [0.2, 0.25) is 0 Å². The Hall–Kier alpha value is -2.45. The maximum Gasteiger partial charge on any atom is 0.240 e. The lowest BCUT2D eigenvalue weighted by Gasteiger charge is -2.14. The lowest BCUT2D eigenvalue weighted by Crippen LogP contribution is -2.41. The molecule has 0 amide bonds. The van der Waals surface area contributed by atoms with E-state index in [0.717, 1.165) is 12.1 Å². The molecule has 0 aliphatic carbocycles. The van der Waals surface area contributed by atoms with Crippen molar-refractivity contribution in [2.75, 3.05) is 6.54 Å². The van der Waals surface area contributed by atoms with Crippen molar-refractivity contribution < 1.29 is 12.8 Å². The molecule has 28 heavy (non-hydrogen) atoms. The van der Waals surface area contributed by atoms with Crippen LogP contribution in [-0.4, -0.2) is 27.0 Å². The molecular weight excluding hydrogens is 379 g/mol. The molecule has 0 saturated carbocycles. The van der Waals surface area contributed by atoms with E-state index in [4.69, 9.17) is 0 Å². The Morgan fingerprint density at radius 2 is 1.82 bits per heavy atom. The van der Waals surface area contributed by atoms with Crippen molar-refractivity contribution in [1.29, 1.82) is 0 Å². The molecule has 0 spiro atoms. The number of nitrogens with one attached hydrogen (secondary N) is 3. The summed E-state index contributed by atoms with van der Waals surface area (Å²) in [5.41, 5.74) is 1.33. The van der Waals surface area contributed by atoms with Gasteiger partial charge in [0.1, 0.15) is 5.82 Å². The molecule has 8 heteroatoms. The Morgan fingerprint density at radius 1 is 1.11 bits per heavy atom. The summed E-state index contributed by atoms with van der Waals surface area (Å²) in [6.07, 6.45) is 0. The van der Waals surface area contributed by atoms with Gasteiger partial charge in [-0.2, -0.15) is 0 Å². The number of halogens is 1. The first-order chi connectivity index (χ1) is 13.3. The molecule has 2 aromatic rings. The van der Waals surface area contributed by atoms with Crippen LogP contribution < -0.4 is 15.4 Å². The molecule has 0 fully saturated rings. The Balaban J connectivity index is 2.10. The molecule has 0 aliphatic rings. The fraction of sp³-hybridized carbons (Fsp3) is 0.350. The van der Waals surface area contributed by atoms with Crippen LogP contribution in [0.3, 0.4) is 0 Å². The minimum Gasteiger partial charge on any atom is -0.357 e. The van der Waals surface area contributed by atoms with E-state index in [1.54, 1.807) is 24.3 Å². The van der Waals surface area contributed by atoms with Gasteiger partial charge in [0.25, 0.3) is 0 Å². The van der Waals surface area contributed by atoms with Crippen LogP contribution >= 0.6 is 0 Å². The molecule has 0 radical (unpaired) electrons. The summed E-state index contributed by atoms with van der Waals surface area (Å²) < 4.78 is 40.9. The summed E-state index contributed by atoms with van der Waals surface area (Å²) >= 11 is 0. The highest BCUT2D eigenvalue weighted by atomic mass is 32.2. The number of hydrogen-bond acceptors (Lipinski definition) is 3. The predicted molar refractivity (Wildman–Crippen MR) is 110 cm³/mol. The number of sulfonamides is 1. The largest absolute Gasteiger partial charge is 0.357 e. The molecule has 0 saturated heterocycles. The summed E-state index contributed by atoms with van der Waals surface area (Å²) in [6.45, 7) is 7.11. The third kappa shape index (κ3) is 6.94. The number of nitrogens with zero attached hydrogens (tertiary/aromatic N) is 1. The summed E-state index contributed by atoms with van der Waals surface area (Å²) in [7, 11) is -3.71. The molecule has 6 nitrogen and oxygen atoms in total. The molecule has 0 aromatic heterocycles. The number of benzene rings is 2. The monoisotopic (exact) mass is 406 g/mol. The van der Waals surface area contributed by atoms with E-state index in [0.29, 0.717) is 18.1 Å². The summed E-state index contributed by atoms with van der Waals surface area (Å²) in [5, 5.41) is 6.37.